The van der Waals surface area contributed by atoms with Gasteiger partial charge in [0.1, 0.15) is 23.0 Å². The normalized spacial score (nSPS) is 10.3. The highest BCUT2D eigenvalue weighted by atomic mass is 16.6. The van der Waals surface area contributed by atoms with Crippen LogP contribution in [0.1, 0.15) is 48.4 Å². The van der Waals surface area contributed by atoms with Gasteiger partial charge in [-0.2, -0.15) is 0 Å². The van der Waals surface area contributed by atoms with Gasteiger partial charge in [-0.15, -0.1) is 0 Å². The first-order valence-electron chi connectivity index (χ1n) is 13.7. The van der Waals surface area contributed by atoms with Crippen LogP contribution in [0, 0.1) is 0 Å². The number of ether oxygens (including phenoxy) is 4. The van der Waals surface area contributed by atoms with Gasteiger partial charge in [0.25, 0.3) is 11.8 Å². The van der Waals surface area contributed by atoms with E-state index in [2.05, 4.69) is 10.6 Å². The van der Waals surface area contributed by atoms with Crippen LogP contribution < -0.4 is 29.6 Å². The largest absolute Gasteiger partial charge is 0.427 e. The van der Waals surface area contributed by atoms with Crippen molar-refractivity contribution in [3.63, 3.8) is 0 Å². The average Bonchev–Trinajstić information content (AvgIpc) is 2.96. The maximum absolute atomic E-state index is 12.9. The quantitative estimate of drug-likeness (QED) is 0.178. The Morgan fingerprint density at radius 1 is 0.413 bits per heavy atom. The van der Waals surface area contributed by atoms with Crippen molar-refractivity contribution in [2.24, 2.45) is 0 Å². The molecule has 0 aliphatic rings. The van der Waals surface area contributed by atoms with E-state index in [-0.39, 0.29) is 34.1 Å². The molecule has 0 aromatic heterocycles. The van der Waals surface area contributed by atoms with E-state index in [1.807, 2.05) is 0 Å². The predicted molar refractivity (Wildman–Crippen MR) is 166 cm³/mol. The van der Waals surface area contributed by atoms with Gasteiger partial charge in [0, 0.05) is 62.3 Å². The summed E-state index contributed by atoms with van der Waals surface area (Å²) in [6.45, 7) is 4.84. The molecule has 0 saturated heterocycles. The highest BCUT2D eigenvalue weighted by Gasteiger charge is 2.15. The van der Waals surface area contributed by atoms with Crippen LogP contribution in [-0.2, 0) is 19.2 Å². The molecular weight excluding hydrogens is 596 g/mol. The standard InChI is InChI=1S/C34H28N2O10/c1-19(37)43-29-13-25(14-30(17-29)44-20(2)38)33(41)35-27-9-5-23(6-10-27)24-7-11-28(12-8-24)36-34(42)26-15-31(45-21(3)39)18-32(16-26)46-22(4)40/h5-18H,1-4H3,(H,35,41)(H,36,42). The highest BCUT2D eigenvalue weighted by Crippen LogP contribution is 2.28. The first kappa shape index (κ1) is 32.6. The fraction of sp³-hybridized carbons (Fsp3) is 0.118. The zero-order valence-corrected chi connectivity index (χ0v) is 25.2. The number of rotatable bonds is 9. The summed E-state index contributed by atoms with van der Waals surface area (Å²) >= 11 is 0. The van der Waals surface area contributed by atoms with Crippen LogP contribution in [0.4, 0.5) is 11.4 Å². The van der Waals surface area contributed by atoms with Gasteiger partial charge >= 0.3 is 23.9 Å². The average molecular weight is 625 g/mol. The van der Waals surface area contributed by atoms with Crippen molar-refractivity contribution in [1.82, 2.24) is 0 Å². The van der Waals surface area contributed by atoms with Gasteiger partial charge < -0.3 is 29.6 Å². The van der Waals surface area contributed by atoms with E-state index in [1.54, 1.807) is 48.5 Å². The third-order valence-electron chi connectivity index (χ3n) is 5.95. The van der Waals surface area contributed by atoms with E-state index in [4.69, 9.17) is 18.9 Å². The lowest BCUT2D eigenvalue weighted by atomic mass is 10.0. The number of nitrogens with one attached hydrogen (secondary N) is 2. The first-order chi connectivity index (χ1) is 21.8. The van der Waals surface area contributed by atoms with Crippen LogP contribution in [0.3, 0.4) is 0 Å². The minimum absolute atomic E-state index is 0.0497. The fourth-order valence-corrected chi connectivity index (χ4v) is 4.20. The van der Waals surface area contributed by atoms with Crippen molar-refractivity contribution >= 4 is 47.1 Å². The third kappa shape index (κ3) is 9.35. The Morgan fingerprint density at radius 2 is 0.674 bits per heavy atom. The summed E-state index contributed by atoms with van der Waals surface area (Å²) in [7, 11) is 0. The number of hydrogen-bond donors (Lipinski definition) is 2. The fourth-order valence-electron chi connectivity index (χ4n) is 4.20. The zero-order valence-electron chi connectivity index (χ0n) is 25.2. The lowest BCUT2D eigenvalue weighted by molar-refractivity contribution is -0.133. The Balaban J connectivity index is 1.44. The van der Waals surface area contributed by atoms with Crippen LogP contribution in [0.25, 0.3) is 11.1 Å². The van der Waals surface area contributed by atoms with Crippen LogP contribution in [0.2, 0.25) is 0 Å². The maximum atomic E-state index is 12.9. The minimum Gasteiger partial charge on any atom is -0.427 e. The van der Waals surface area contributed by atoms with E-state index in [0.29, 0.717) is 11.4 Å². The molecule has 4 aromatic carbocycles. The zero-order chi connectivity index (χ0) is 33.4. The molecule has 0 spiro atoms. The lowest BCUT2D eigenvalue weighted by Crippen LogP contribution is -2.13. The maximum Gasteiger partial charge on any atom is 0.308 e. The van der Waals surface area contributed by atoms with E-state index < -0.39 is 35.7 Å². The molecule has 0 fully saturated rings. The van der Waals surface area contributed by atoms with Crippen molar-refractivity contribution in [1.29, 1.82) is 0 Å². The molecular formula is C34H28N2O10. The second-order valence-corrected chi connectivity index (χ2v) is 9.82. The molecule has 0 aliphatic heterocycles. The molecule has 0 heterocycles. The molecule has 234 valence electrons. The Kier molecular flexibility index (Phi) is 10.2. The minimum atomic E-state index is -0.599. The Labute approximate surface area is 263 Å². The molecule has 46 heavy (non-hydrogen) atoms. The molecule has 0 bridgehead atoms. The summed E-state index contributed by atoms with van der Waals surface area (Å²) in [6.07, 6.45) is 0. The highest BCUT2D eigenvalue weighted by molar-refractivity contribution is 6.06. The number of benzene rings is 4. The Morgan fingerprint density at radius 3 is 0.913 bits per heavy atom. The van der Waals surface area contributed by atoms with Crippen molar-refractivity contribution in [2.45, 2.75) is 27.7 Å². The molecule has 0 atom stereocenters. The second kappa shape index (κ2) is 14.4. The molecule has 2 N–H and O–H groups in total. The summed E-state index contributed by atoms with van der Waals surface area (Å²) in [4.78, 5) is 71.5. The van der Waals surface area contributed by atoms with Crippen LogP contribution in [0.5, 0.6) is 23.0 Å². The van der Waals surface area contributed by atoms with Crippen LogP contribution in [-0.4, -0.2) is 35.7 Å². The Hall–Kier alpha value is -6.30. The van der Waals surface area contributed by atoms with E-state index in [1.165, 1.54) is 64.1 Å². The van der Waals surface area contributed by atoms with Crippen molar-refractivity contribution < 1.29 is 47.7 Å². The third-order valence-corrected chi connectivity index (χ3v) is 5.95. The monoisotopic (exact) mass is 624 g/mol. The summed E-state index contributed by atoms with van der Waals surface area (Å²) in [5.74, 6) is -3.24. The summed E-state index contributed by atoms with van der Waals surface area (Å²) in [5, 5.41) is 5.50. The summed E-state index contributed by atoms with van der Waals surface area (Å²) in [6, 6.07) is 22.0. The Bertz CT molecular complexity index is 1630. The van der Waals surface area contributed by atoms with E-state index in [9.17, 15) is 28.8 Å². The van der Waals surface area contributed by atoms with Gasteiger partial charge in [-0.05, 0) is 59.7 Å². The van der Waals surface area contributed by atoms with Gasteiger partial charge in [-0.3, -0.25) is 28.8 Å². The van der Waals surface area contributed by atoms with Crippen molar-refractivity contribution in [3.8, 4) is 34.1 Å². The van der Waals surface area contributed by atoms with E-state index >= 15 is 0 Å². The van der Waals surface area contributed by atoms with Gasteiger partial charge in [0.2, 0.25) is 0 Å². The first-order valence-corrected chi connectivity index (χ1v) is 13.7. The molecule has 12 heteroatoms. The van der Waals surface area contributed by atoms with Crippen molar-refractivity contribution in [3.05, 3.63) is 96.1 Å². The SMILES string of the molecule is CC(=O)Oc1cc(OC(C)=O)cc(C(=O)Nc2ccc(-c3ccc(NC(=O)c4cc(OC(C)=O)cc(OC(C)=O)c4)cc3)cc2)c1. The number of carbonyl (C=O) groups is 6. The molecule has 0 unspecified atom stereocenters. The summed E-state index contributed by atoms with van der Waals surface area (Å²) < 4.78 is 20.3. The molecule has 0 aliphatic carbocycles. The topological polar surface area (TPSA) is 163 Å². The van der Waals surface area contributed by atoms with Crippen LogP contribution >= 0.6 is 0 Å². The molecule has 4 rings (SSSR count). The summed E-state index contributed by atoms with van der Waals surface area (Å²) in [5.41, 5.74) is 2.83. The second-order valence-electron chi connectivity index (χ2n) is 9.82. The smallest absolute Gasteiger partial charge is 0.308 e. The predicted octanol–water partition coefficient (Wildman–Crippen LogP) is 5.56. The number of carbonyl (C=O) groups excluding carboxylic acids is 6. The number of anilines is 2. The molecule has 0 saturated carbocycles. The van der Waals surface area contributed by atoms with E-state index in [0.717, 1.165) is 11.1 Å². The molecule has 12 nitrogen and oxygen atoms in total. The molecule has 4 aromatic rings. The number of esters is 4. The lowest BCUT2D eigenvalue weighted by Gasteiger charge is -2.11. The molecule has 2 amide bonds. The van der Waals surface area contributed by atoms with Gasteiger partial charge in [-0.1, -0.05) is 24.3 Å². The van der Waals surface area contributed by atoms with Gasteiger partial charge in [0.15, 0.2) is 0 Å². The van der Waals surface area contributed by atoms with Gasteiger partial charge in [-0.25, -0.2) is 0 Å². The number of hydrogen-bond acceptors (Lipinski definition) is 10. The van der Waals surface area contributed by atoms with Gasteiger partial charge in [0.05, 0.1) is 0 Å². The molecule has 0 radical (unpaired) electrons. The van der Waals surface area contributed by atoms with Crippen LogP contribution in [0.15, 0.2) is 84.9 Å². The number of amides is 2. The van der Waals surface area contributed by atoms with Crippen molar-refractivity contribution in [2.75, 3.05) is 10.6 Å².